The number of allylic oxidation sites excluding steroid dienone is 8. The second-order valence-corrected chi connectivity index (χ2v) is 8.30. The van der Waals surface area contributed by atoms with Crippen LogP contribution in [0.3, 0.4) is 0 Å². The Kier molecular flexibility index (Phi) is 10.1. The van der Waals surface area contributed by atoms with E-state index in [9.17, 15) is 0 Å². The van der Waals surface area contributed by atoms with E-state index in [4.69, 9.17) is 0 Å². The summed E-state index contributed by atoms with van der Waals surface area (Å²) >= 11 is 0. The summed E-state index contributed by atoms with van der Waals surface area (Å²) in [5, 5.41) is 3.54. The topological polar surface area (TPSA) is 12.0 Å². The summed E-state index contributed by atoms with van der Waals surface area (Å²) in [6, 6.07) is 8.77. The molecule has 0 heterocycles. The van der Waals surface area contributed by atoms with Crippen LogP contribution >= 0.6 is 0 Å². The van der Waals surface area contributed by atoms with Crippen LogP contribution < -0.4 is 5.32 Å². The van der Waals surface area contributed by atoms with Crippen molar-refractivity contribution in [2.45, 2.75) is 52.9 Å². The molecule has 0 bridgehead atoms. The van der Waals surface area contributed by atoms with Crippen LogP contribution in [0.4, 0.5) is 0 Å². The second-order valence-electron chi connectivity index (χ2n) is 8.30. The fraction of sp³-hybridized carbons (Fsp3) is 0.333. The molecule has 0 amide bonds. The van der Waals surface area contributed by atoms with E-state index in [1.54, 1.807) is 0 Å². The predicted molar refractivity (Wildman–Crippen MR) is 140 cm³/mol. The van der Waals surface area contributed by atoms with Crippen LogP contribution in [0.5, 0.6) is 0 Å². The third-order valence-corrected chi connectivity index (χ3v) is 5.64. The maximum absolute atomic E-state index is 4.38. The molecule has 164 valence electrons. The van der Waals surface area contributed by atoms with E-state index >= 15 is 0 Å². The van der Waals surface area contributed by atoms with E-state index in [-0.39, 0.29) is 5.92 Å². The van der Waals surface area contributed by atoms with Gasteiger partial charge in [-0.3, -0.25) is 0 Å². The molecule has 1 nitrogen and oxygen atoms in total. The highest BCUT2D eigenvalue weighted by Gasteiger charge is 2.16. The lowest BCUT2D eigenvalue weighted by Gasteiger charge is -2.23. The van der Waals surface area contributed by atoms with Crippen LogP contribution in [-0.4, -0.2) is 6.54 Å². The number of benzene rings is 1. The summed E-state index contributed by atoms with van der Waals surface area (Å²) in [5.41, 5.74) is 8.30. The molecule has 0 radical (unpaired) electrons. The molecule has 31 heavy (non-hydrogen) atoms. The number of rotatable bonds is 12. The highest BCUT2D eigenvalue weighted by Crippen LogP contribution is 2.30. The summed E-state index contributed by atoms with van der Waals surface area (Å²) in [7, 11) is 0. The molecule has 1 aliphatic rings. The first-order valence-electron chi connectivity index (χ1n) is 11.5. The van der Waals surface area contributed by atoms with E-state index in [2.05, 4.69) is 107 Å². The molecule has 1 aromatic carbocycles. The van der Waals surface area contributed by atoms with Gasteiger partial charge in [0.15, 0.2) is 0 Å². The molecule has 1 aromatic rings. The van der Waals surface area contributed by atoms with Gasteiger partial charge in [0.1, 0.15) is 0 Å². The van der Waals surface area contributed by atoms with E-state index in [1.165, 1.54) is 22.3 Å². The van der Waals surface area contributed by atoms with Crippen molar-refractivity contribution in [3.05, 3.63) is 108 Å². The summed E-state index contributed by atoms with van der Waals surface area (Å²) in [6.07, 6.45) is 18.6. The van der Waals surface area contributed by atoms with E-state index in [0.717, 1.165) is 55.5 Å². The maximum Gasteiger partial charge on any atom is 0.0394 e. The fourth-order valence-electron chi connectivity index (χ4n) is 3.75. The van der Waals surface area contributed by atoms with Gasteiger partial charge >= 0.3 is 0 Å². The highest BCUT2D eigenvalue weighted by molar-refractivity contribution is 5.76. The van der Waals surface area contributed by atoms with Crippen molar-refractivity contribution < 1.29 is 0 Å². The summed E-state index contributed by atoms with van der Waals surface area (Å²) in [4.78, 5) is 0. The Bertz CT molecular complexity index is 887. The van der Waals surface area contributed by atoms with Crippen LogP contribution in [0.15, 0.2) is 97.3 Å². The molecule has 1 unspecified atom stereocenters. The fourth-order valence-corrected chi connectivity index (χ4v) is 3.75. The Morgan fingerprint density at radius 2 is 1.81 bits per heavy atom. The summed E-state index contributed by atoms with van der Waals surface area (Å²) in [6.45, 7) is 20.1. The monoisotopic (exact) mass is 413 g/mol. The largest absolute Gasteiger partial charge is 0.384 e. The van der Waals surface area contributed by atoms with Crippen molar-refractivity contribution >= 4 is 11.1 Å². The molecule has 0 aliphatic heterocycles. The molecular formula is C30H39N. The molecule has 0 saturated heterocycles. The normalized spacial score (nSPS) is 14.9. The average molecular weight is 414 g/mol. The predicted octanol–water partition coefficient (Wildman–Crippen LogP) is 8.42. The van der Waals surface area contributed by atoms with Gasteiger partial charge in [0.25, 0.3) is 0 Å². The first-order chi connectivity index (χ1) is 15.0. The Morgan fingerprint density at radius 1 is 1.06 bits per heavy atom. The summed E-state index contributed by atoms with van der Waals surface area (Å²) < 4.78 is 0. The molecule has 1 heteroatoms. The molecular weight excluding hydrogens is 374 g/mol. The van der Waals surface area contributed by atoms with E-state index < -0.39 is 0 Å². The zero-order valence-electron chi connectivity index (χ0n) is 19.7. The van der Waals surface area contributed by atoms with Gasteiger partial charge in [-0.25, -0.2) is 0 Å². The minimum atomic E-state index is 0.161. The zero-order chi connectivity index (χ0) is 22.6. The van der Waals surface area contributed by atoms with Crippen molar-refractivity contribution in [2.75, 3.05) is 6.54 Å². The SMILES string of the molecule is C=C(CC(C(=C)C)C(=C)NCC(/C=C\CC)=C/CC)c1ccc(C2=CCCC=C2)cc1. The van der Waals surface area contributed by atoms with Crippen molar-refractivity contribution in [1.29, 1.82) is 0 Å². The summed E-state index contributed by atoms with van der Waals surface area (Å²) in [5.74, 6) is 0.161. The maximum atomic E-state index is 4.38. The minimum Gasteiger partial charge on any atom is -0.384 e. The molecule has 1 aliphatic carbocycles. The van der Waals surface area contributed by atoms with Crippen molar-refractivity contribution in [1.82, 2.24) is 5.32 Å². The standard InChI is InChI=1S/C30H39N/c1-7-9-14-26(13-8-2)22-31-25(6)30(23(3)4)21-24(5)27-17-19-29(20-18-27)28-15-11-10-12-16-28/h9,11,13-20,30-31H,3,5-8,10,12,21-22H2,1-2,4H3/b14-9-,26-13+. The quantitative estimate of drug-likeness (QED) is 0.268. The van der Waals surface area contributed by atoms with Gasteiger partial charge in [-0.15, -0.1) is 0 Å². The first-order valence-corrected chi connectivity index (χ1v) is 11.5. The van der Waals surface area contributed by atoms with Gasteiger partial charge in [-0.1, -0.05) is 99.9 Å². The molecule has 1 N–H and O–H groups in total. The average Bonchev–Trinajstić information content (AvgIpc) is 2.79. The molecule has 1 atom stereocenters. The Morgan fingerprint density at radius 3 is 2.39 bits per heavy atom. The Hall–Kier alpha value is -2.80. The van der Waals surface area contributed by atoms with Gasteiger partial charge in [0.05, 0.1) is 0 Å². The van der Waals surface area contributed by atoms with Gasteiger partial charge in [0.2, 0.25) is 0 Å². The lowest BCUT2D eigenvalue weighted by molar-refractivity contribution is 0.664. The Balaban J connectivity index is 2.02. The Labute approximate surface area is 190 Å². The zero-order valence-corrected chi connectivity index (χ0v) is 19.7. The first kappa shape index (κ1) is 24.5. The molecule has 0 fully saturated rings. The van der Waals surface area contributed by atoms with Crippen LogP contribution in [0, 0.1) is 5.92 Å². The van der Waals surface area contributed by atoms with Gasteiger partial charge < -0.3 is 5.32 Å². The lowest BCUT2D eigenvalue weighted by Crippen LogP contribution is -2.22. The van der Waals surface area contributed by atoms with Crippen LogP contribution in [0.2, 0.25) is 0 Å². The molecule has 0 saturated carbocycles. The van der Waals surface area contributed by atoms with Gasteiger partial charge in [0, 0.05) is 18.2 Å². The molecule has 0 spiro atoms. The second kappa shape index (κ2) is 12.8. The van der Waals surface area contributed by atoms with E-state index in [1.807, 2.05) is 0 Å². The third kappa shape index (κ3) is 7.75. The lowest BCUT2D eigenvalue weighted by atomic mass is 9.88. The van der Waals surface area contributed by atoms with Crippen LogP contribution in [-0.2, 0) is 0 Å². The number of hydrogen-bond donors (Lipinski definition) is 1. The van der Waals surface area contributed by atoms with Crippen LogP contribution in [0.1, 0.15) is 64.0 Å². The van der Waals surface area contributed by atoms with Crippen molar-refractivity contribution in [3.63, 3.8) is 0 Å². The minimum absolute atomic E-state index is 0.161. The number of hydrogen-bond acceptors (Lipinski definition) is 1. The van der Waals surface area contributed by atoms with Gasteiger partial charge in [-0.05, 0) is 66.9 Å². The van der Waals surface area contributed by atoms with E-state index in [0.29, 0.717) is 0 Å². The van der Waals surface area contributed by atoms with Crippen molar-refractivity contribution in [3.8, 4) is 0 Å². The van der Waals surface area contributed by atoms with Crippen LogP contribution in [0.25, 0.3) is 11.1 Å². The smallest absolute Gasteiger partial charge is 0.0394 e. The molecule has 2 rings (SSSR count). The number of nitrogens with one attached hydrogen (secondary N) is 1. The van der Waals surface area contributed by atoms with Crippen molar-refractivity contribution in [2.24, 2.45) is 5.92 Å². The molecule has 0 aromatic heterocycles. The van der Waals surface area contributed by atoms with Gasteiger partial charge in [-0.2, -0.15) is 0 Å². The highest BCUT2D eigenvalue weighted by atomic mass is 14.9. The third-order valence-electron chi connectivity index (χ3n) is 5.64.